The summed E-state index contributed by atoms with van der Waals surface area (Å²) < 4.78 is 11.8. The van der Waals surface area contributed by atoms with Gasteiger partial charge in [0.15, 0.2) is 16.6 Å². The van der Waals surface area contributed by atoms with Crippen molar-refractivity contribution in [3.63, 3.8) is 0 Å². The largest absolute Gasteiger partial charge is 0.493 e. The van der Waals surface area contributed by atoms with Crippen LogP contribution in [0.5, 0.6) is 11.5 Å². The van der Waals surface area contributed by atoms with Gasteiger partial charge in [0.1, 0.15) is 0 Å². The van der Waals surface area contributed by atoms with E-state index in [9.17, 15) is 4.79 Å². The zero-order valence-electron chi connectivity index (χ0n) is 20.0. The van der Waals surface area contributed by atoms with Crippen molar-refractivity contribution in [1.82, 2.24) is 9.88 Å². The third-order valence-electron chi connectivity index (χ3n) is 5.24. The molecule has 0 bridgehead atoms. The van der Waals surface area contributed by atoms with Crippen molar-refractivity contribution in [3.05, 3.63) is 53.1 Å². The van der Waals surface area contributed by atoms with E-state index in [4.69, 9.17) is 14.5 Å². The van der Waals surface area contributed by atoms with Crippen molar-refractivity contribution in [2.75, 3.05) is 46.3 Å². The molecule has 1 aromatic heterocycles. The van der Waals surface area contributed by atoms with E-state index in [1.807, 2.05) is 32.3 Å². The van der Waals surface area contributed by atoms with Crippen molar-refractivity contribution in [2.24, 2.45) is 0 Å². The van der Waals surface area contributed by atoms with Crippen molar-refractivity contribution in [2.45, 2.75) is 20.3 Å². The molecule has 1 heterocycles. The van der Waals surface area contributed by atoms with Gasteiger partial charge in [-0.15, -0.1) is 12.4 Å². The van der Waals surface area contributed by atoms with E-state index >= 15 is 0 Å². The predicted molar refractivity (Wildman–Crippen MR) is 140 cm³/mol. The molecule has 0 atom stereocenters. The highest BCUT2D eigenvalue weighted by Crippen LogP contribution is 2.33. The van der Waals surface area contributed by atoms with Crippen LogP contribution >= 0.6 is 23.7 Å². The second-order valence-corrected chi connectivity index (χ2v) is 8.95. The Hall–Kier alpha value is -2.61. The Morgan fingerprint density at radius 2 is 1.73 bits per heavy atom. The van der Waals surface area contributed by atoms with Crippen molar-refractivity contribution in [3.8, 4) is 11.5 Å². The van der Waals surface area contributed by atoms with E-state index in [1.165, 1.54) is 5.56 Å². The maximum Gasteiger partial charge on any atom is 0.252 e. The molecule has 178 valence electrons. The average Bonchev–Trinajstić information content (AvgIpc) is 3.23. The standard InChI is InChI=1S/C25H31N3O3S.ClH/c1-17-8-9-18(2)24-23(17)26-25(32-24)28(15-7-14-27(3)4)22(29)13-11-19-10-12-20(30-5)21(16-19)31-6;/h8-13,16H,7,14-15H2,1-6H3;1H. The Morgan fingerprint density at radius 1 is 1.03 bits per heavy atom. The van der Waals surface area contributed by atoms with Crippen LogP contribution in [0.3, 0.4) is 0 Å². The molecule has 6 nitrogen and oxygen atoms in total. The van der Waals surface area contributed by atoms with E-state index in [1.54, 1.807) is 42.6 Å². The van der Waals surface area contributed by atoms with Gasteiger partial charge < -0.3 is 14.4 Å². The number of methoxy groups -OCH3 is 2. The van der Waals surface area contributed by atoms with Crippen LogP contribution in [0.4, 0.5) is 5.13 Å². The number of aryl methyl sites for hydroxylation is 2. The molecular formula is C25H32ClN3O3S. The van der Waals surface area contributed by atoms with E-state index in [-0.39, 0.29) is 18.3 Å². The molecule has 0 aliphatic carbocycles. The highest BCUT2D eigenvalue weighted by Gasteiger charge is 2.19. The molecule has 0 aliphatic rings. The van der Waals surface area contributed by atoms with E-state index < -0.39 is 0 Å². The maximum atomic E-state index is 13.3. The molecule has 0 N–H and O–H groups in total. The summed E-state index contributed by atoms with van der Waals surface area (Å²) in [4.78, 5) is 22.0. The monoisotopic (exact) mass is 489 g/mol. The summed E-state index contributed by atoms with van der Waals surface area (Å²) in [5.74, 6) is 1.19. The van der Waals surface area contributed by atoms with Crippen LogP contribution in [0, 0.1) is 13.8 Å². The Bertz CT molecular complexity index is 1090. The van der Waals surface area contributed by atoms with E-state index in [2.05, 4.69) is 30.9 Å². The number of nitrogens with zero attached hydrogens (tertiary/aromatic N) is 3. The number of halogens is 1. The lowest BCUT2D eigenvalue weighted by Crippen LogP contribution is -2.32. The summed E-state index contributed by atoms with van der Waals surface area (Å²) >= 11 is 1.58. The number of hydrogen-bond donors (Lipinski definition) is 0. The Labute approximate surface area is 206 Å². The van der Waals surface area contributed by atoms with Crippen LogP contribution in [0.1, 0.15) is 23.1 Å². The third kappa shape index (κ3) is 6.47. The summed E-state index contributed by atoms with van der Waals surface area (Å²) in [5, 5.41) is 0.734. The summed E-state index contributed by atoms with van der Waals surface area (Å²) in [6.07, 6.45) is 4.26. The first kappa shape index (κ1) is 26.6. The molecular weight excluding hydrogens is 458 g/mol. The number of thiazole rings is 1. The first-order chi connectivity index (χ1) is 15.3. The van der Waals surface area contributed by atoms with Gasteiger partial charge in [-0.3, -0.25) is 9.69 Å². The Kier molecular flexibility index (Phi) is 9.70. The molecule has 0 unspecified atom stereocenters. The van der Waals surface area contributed by atoms with Gasteiger partial charge in [-0.05, 0) is 75.8 Å². The normalized spacial score (nSPS) is 11.1. The van der Waals surface area contributed by atoms with Crippen LogP contribution in [0.25, 0.3) is 16.3 Å². The average molecular weight is 490 g/mol. The Morgan fingerprint density at radius 3 is 2.36 bits per heavy atom. The van der Waals surface area contributed by atoms with Gasteiger partial charge in [0.05, 0.1) is 24.4 Å². The highest BCUT2D eigenvalue weighted by molar-refractivity contribution is 7.22. The van der Waals surface area contributed by atoms with Crippen molar-refractivity contribution in [1.29, 1.82) is 0 Å². The zero-order chi connectivity index (χ0) is 23.3. The first-order valence-electron chi connectivity index (χ1n) is 10.6. The van der Waals surface area contributed by atoms with Crippen LogP contribution in [-0.2, 0) is 4.79 Å². The lowest BCUT2D eigenvalue weighted by atomic mass is 10.1. The molecule has 3 aromatic rings. The zero-order valence-corrected chi connectivity index (χ0v) is 21.7. The number of hydrogen-bond acceptors (Lipinski definition) is 6. The van der Waals surface area contributed by atoms with Gasteiger partial charge in [-0.2, -0.15) is 0 Å². The number of anilines is 1. The minimum atomic E-state index is -0.0899. The topological polar surface area (TPSA) is 54.9 Å². The lowest BCUT2D eigenvalue weighted by Gasteiger charge is -2.19. The van der Waals surface area contributed by atoms with Crippen LogP contribution < -0.4 is 14.4 Å². The van der Waals surface area contributed by atoms with Crippen LogP contribution in [0.15, 0.2) is 36.4 Å². The van der Waals surface area contributed by atoms with Gasteiger partial charge in [0.25, 0.3) is 5.91 Å². The fraction of sp³-hybridized carbons (Fsp3) is 0.360. The molecule has 2 aromatic carbocycles. The number of ether oxygens (including phenoxy) is 2. The molecule has 0 saturated carbocycles. The summed E-state index contributed by atoms with van der Waals surface area (Å²) in [6.45, 7) is 5.64. The SMILES string of the molecule is COc1ccc(C=CC(=O)N(CCCN(C)C)c2nc3c(C)ccc(C)c3s2)cc1OC.Cl. The summed E-state index contributed by atoms with van der Waals surface area (Å²) in [6, 6.07) is 9.76. The highest BCUT2D eigenvalue weighted by atomic mass is 35.5. The summed E-state index contributed by atoms with van der Waals surface area (Å²) in [5.41, 5.74) is 4.13. The second kappa shape index (κ2) is 12.0. The van der Waals surface area contributed by atoms with Crippen LogP contribution in [0.2, 0.25) is 0 Å². The quantitative estimate of drug-likeness (QED) is 0.379. The van der Waals surface area contributed by atoms with E-state index in [0.717, 1.165) is 39.4 Å². The number of benzene rings is 2. The molecule has 0 spiro atoms. The molecule has 0 aliphatic heterocycles. The minimum absolute atomic E-state index is 0. The van der Waals surface area contributed by atoms with Crippen molar-refractivity contribution >= 4 is 51.1 Å². The second-order valence-electron chi connectivity index (χ2n) is 7.97. The van der Waals surface area contributed by atoms with Gasteiger partial charge in [-0.1, -0.05) is 29.5 Å². The first-order valence-corrected chi connectivity index (χ1v) is 11.4. The molecule has 8 heteroatoms. The number of aromatic nitrogens is 1. The lowest BCUT2D eigenvalue weighted by molar-refractivity contribution is -0.114. The maximum absolute atomic E-state index is 13.3. The molecule has 0 fully saturated rings. The van der Waals surface area contributed by atoms with Gasteiger partial charge in [-0.25, -0.2) is 4.98 Å². The fourth-order valence-corrected chi connectivity index (χ4v) is 4.57. The number of rotatable bonds is 9. The molecule has 0 radical (unpaired) electrons. The predicted octanol–water partition coefficient (Wildman–Crippen LogP) is 5.35. The summed E-state index contributed by atoms with van der Waals surface area (Å²) in [7, 11) is 7.27. The number of carbonyl (C=O) groups excluding carboxylic acids is 1. The van der Waals surface area contributed by atoms with Gasteiger partial charge >= 0.3 is 0 Å². The number of fused-ring (bicyclic) bond motifs is 1. The van der Waals surface area contributed by atoms with Gasteiger partial charge in [0, 0.05) is 12.6 Å². The molecule has 33 heavy (non-hydrogen) atoms. The smallest absolute Gasteiger partial charge is 0.252 e. The Balaban J connectivity index is 0.00000385. The molecule has 3 rings (SSSR count). The number of amides is 1. The molecule has 1 amide bonds. The minimum Gasteiger partial charge on any atom is -0.493 e. The fourth-order valence-electron chi connectivity index (χ4n) is 3.42. The van der Waals surface area contributed by atoms with Gasteiger partial charge in [0.2, 0.25) is 0 Å². The van der Waals surface area contributed by atoms with E-state index in [0.29, 0.717) is 18.0 Å². The van der Waals surface area contributed by atoms with Crippen LogP contribution in [-0.4, -0.2) is 57.2 Å². The van der Waals surface area contributed by atoms with Crippen molar-refractivity contribution < 1.29 is 14.3 Å². The third-order valence-corrected chi connectivity index (χ3v) is 6.45. The molecule has 0 saturated heterocycles. The number of carbonyl (C=O) groups is 1.